The summed E-state index contributed by atoms with van der Waals surface area (Å²) in [6.07, 6.45) is 3.67. The van der Waals surface area contributed by atoms with Crippen molar-refractivity contribution in [1.82, 2.24) is 19.6 Å². The normalized spacial score (nSPS) is 18.5. The maximum Gasteiger partial charge on any atom is 0.256 e. The molecule has 38 heavy (non-hydrogen) atoms. The molecule has 4 heterocycles. The first-order valence-electron chi connectivity index (χ1n) is 11.6. The zero-order valence-corrected chi connectivity index (χ0v) is 20.8. The Balaban J connectivity index is 1.73. The van der Waals surface area contributed by atoms with Crippen LogP contribution in [0.15, 0.2) is 31.4 Å². The van der Waals surface area contributed by atoms with Gasteiger partial charge in [0.05, 0.1) is 32.6 Å². The van der Waals surface area contributed by atoms with E-state index in [4.69, 9.17) is 5.73 Å². The van der Waals surface area contributed by atoms with Gasteiger partial charge in [-0.15, -0.1) is 16.4 Å². The highest BCUT2D eigenvalue weighted by atomic mass is 32.1. The number of piperazine rings is 1. The van der Waals surface area contributed by atoms with Crippen molar-refractivity contribution in [3.63, 3.8) is 0 Å². The fourth-order valence-corrected chi connectivity index (χ4v) is 5.99. The maximum absolute atomic E-state index is 15.7. The molecule has 2 amide bonds. The van der Waals surface area contributed by atoms with E-state index in [1.165, 1.54) is 10.8 Å². The van der Waals surface area contributed by atoms with Gasteiger partial charge < -0.3 is 15.5 Å². The third-order valence-corrected chi connectivity index (χ3v) is 7.91. The van der Waals surface area contributed by atoms with Gasteiger partial charge in [0, 0.05) is 37.0 Å². The summed E-state index contributed by atoms with van der Waals surface area (Å²) in [5.41, 5.74) is 5.54. The number of thiophene rings is 1. The van der Waals surface area contributed by atoms with E-state index in [2.05, 4.69) is 18.3 Å². The van der Waals surface area contributed by atoms with E-state index in [9.17, 15) is 19.2 Å². The number of rotatable bonds is 3. The van der Waals surface area contributed by atoms with Gasteiger partial charge in [-0.2, -0.15) is 9.65 Å². The van der Waals surface area contributed by atoms with Gasteiger partial charge in [-0.25, -0.2) is 8.78 Å². The lowest BCUT2D eigenvalue weighted by Gasteiger charge is -2.42. The minimum atomic E-state index is -1.01. The lowest BCUT2D eigenvalue weighted by Crippen LogP contribution is -2.57. The first-order valence-corrected chi connectivity index (χ1v) is 12.4. The molecule has 2 aliphatic heterocycles. The highest BCUT2D eigenvalue weighted by Crippen LogP contribution is 2.33. The Morgan fingerprint density at radius 3 is 2.71 bits per heavy atom. The lowest BCUT2D eigenvalue weighted by atomic mass is 9.99. The first-order chi connectivity index (χ1) is 18.2. The number of halogens is 3. The van der Waals surface area contributed by atoms with E-state index in [-0.39, 0.29) is 80.5 Å². The molecule has 1 fully saturated rings. The van der Waals surface area contributed by atoms with Crippen molar-refractivity contribution in [3.8, 4) is 6.07 Å². The Morgan fingerprint density at radius 1 is 1.26 bits per heavy atom. The topological polar surface area (TPSA) is 108 Å². The maximum atomic E-state index is 15.7. The van der Waals surface area contributed by atoms with E-state index in [0.29, 0.717) is 6.42 Å². The molecule has 3 aromatic rings. The molecule has 5 rings (SSSR count). The number of nitriles is 1. The molecular formula is C26H21F3N6O2S. The largest absolute Gasteiger partial charge is 0.389 e. The van der Waals surface area contributed by atoms with Gasteiger partial charge in [0.15, 0.2) is 0 Å². The van der Waals surface area contributed by atoms with Crippen molar-refractivity contribution in [3.05, 3.63) is 69.6 Å². The Morgan fingerprint density at radius 2 is 2.03 bits per heavy atom. The molecule has 1 aromatic carbocycles. The van der Waals surface area contributed by atoms with Gasteiger partial charge >= 0.3 is 0 Å². The number of carbonyl (C=O) groups is 2. The summed E-state index contributed by atoms with van der Waals surface area (Å²) in [5.74, 6) is -3.51. The number of carbonyl (C=O) groups excluding carboxylic acids is 2. The molecule has 2 N–H and O–H groups in total. The third kappa shape index (κ3) is 3.86. The summed E-state index contributed by atoms with van der Waals surface area (Å²) in [4.78, 5) is 28.9. The van der Waals surface area contributed by atoms with Crippen LogP contribution in [0, 0.1) is 23.1 Å². The predicted molar refractivity (Wildman–Crippen MR) is 137 cm³/mol. The fraction of sp³-hybridized carbons (Fsp3) is 0.231. The molecule has 2 aliphatic rings. The number of nitrogen functional groups attached to an aromatic ring is 1. The number of anilines is 1. The SMILES string of the molecule is C=CC(=O)N1CCN2C(=O)c3cc(F)c(/C=c4\c(C#N)c(N)s\c4=C(/F)C=C)c4c(F)nn(c34)CC[C@@H]2C1. The van der Waals surface area contributed by atoms with Crippen LogP contribution in [-0.2, 0) is 11.3 Å². The van der Waals surface area contributed by atoms with Crippen molar-refractivity contribution in [2.45, 2.75) is 19.0 Å². The molecular weight excluding hydrogens is 517 g/mol. The van der Waals surface area contributed by atoms with E-state index in [1.54, 1.807) is 9.80 Å². The lowest BCUT2D eigenvalue weighted by molar-refractivity contribution is -0.128. The summed E-state index contributed by atoms with van der Waals surface area (Å²) < 4.78 is 46.8. The molecule has 0 aliphatic carbocycles. The van der Waals surface area contributed by atoms with Crippen molar-refractivity contribution in [2.75, 3.05) is 25.4 Å². The van der Waals surface area contributed by atoms with Crippen molar-refractivity contribution < 1.29 is 22.8 Å². The number of nitrogens with two attached hydrogens (primary N) is 1. The molecule has 0 radical (unpaired) electrons. The second-order valence-electron chi connectivity index (χ2n) is 8.88. The van der Waals surface area contributed by atoms with Crippen LogP contribution < -0.4 is 15.5 Å². The average molecular weight is 539 g/mol. The zero-order valence-electron chi connectivity index (χ0n) is 20.0. The van der Waals surface area contributed by atoms with Gasteiger partial charge in [0.2, 0.25) is 11.9 Å². The van der Waals surface area contributed by atoms with E-state index >= 15 is 8.78 Å². The molecule has 1 atom stereocenters. The first kappa shape index (κ1) is 25.3. The number of aryl methyl sites for hydroxylation is 1. The highest BCUT2D eigenvalue weighted by molar-refractivity contribution is 7.14. The molecule has 0 saturated carbocycles. The number of benzene rings is 1. The molecule has 0 bridgehead atoms. The Hall–Kier alpha value is -4.37. The highest BCUT2D eigenvalue weighted by Gasteiger charge is 2.36. The quantitative estimate of drug-likeness (QED) is 0.515. The number of allylic oxidation sites excluding steroid dienone is 1. The molecule has 12 heteroatoms. The molecule has 1 saturated heterocycles. The Bertz CT molecular complexity index is 1720. The molecule has 0 unspecified atom stereocenters. The predicted octanol–water partition coefficient (Wildman–Crippen LogP) is 2.17. The zero-order chi connectivity index (χ0) is 27.3. The van der Waals surface area contributed by atoms with E-state index in [1.807, 2.05) is 6.07 Å². The molecule has 8 nitrogen and oxygen atoms in total. The van der Waals surface area contributed by atoms with Crippen LogP contribution in [0.3, 0.4) is 0 Å². The summed E-state index contributed by atoms with van der Waals surface area (Å²) in [6, 6.07) is 2.51. The van der Waals surface area contributed by atoms with Crippen molar-refractivity contribution >= 4 is 51.0 Å². The van der Waals surface area contributed by atoms with Crippen LogP contribution in [0.5, 0.6) is 0 Å². The standard InChI is InChI=1S/C26H21F3N6O2S/c1-3-18(27)23-14(17(11-30)25(31)38-23)9-15-19(28)10-16-22-21(15)24(29)32-35(22)6-5-13-12-33(20(36)4-2)7-8-34(13)26(16)37/h3-4,9-10,13H,1-2,5-8,12,31H2/b14-9+,23-18-/t13-/m1/s1. The smallest absolute Gasteiger partial charge is 0.256 e. The van der Waals surface area contributed by atoms with Gasteiger partial charge in [0.1, 0.15) is 22.7 Å². The molecule has 0 spiro atoms. The number of hydrogen-bond donors (Lipinski definition) is 1. The minimum absolute atomic E-state index is 0.0138. The Labute approximate surface area is 218 Å². The molecule has 194 valence electrons. The van der Waals surface area contributed by atoms with Crippen LogP contribution in [0.4, 0.5) is 18.2 Å². The summed E-state index contributed by atoms with van der Waals surface area (Å²) in [5, 5.41) is 13.3. The average Bonchev–Trinajstić information content (AvgIpc) is 3.41. The van der Waals surface area contributed by atoms with Gasteiger partial charge in [-0.05, 0) is 30.7 Å². The van der Waals surface area contributed by atoms with Crippen LogP contribution >= 0.6 is 11.3 Å². The Kier molecular flexibility index (Phi) is 6.32. The summed E-state index contributed by atoms with van der Waals surface area (Å²) in [6.45, 7) is 7.85. The van der Waals surface area contributed by atoms with E-state index in [0.717, 1.165) is 29.6 Å². The second-order valence-corrected chi connectivity index (χ2v) is 9.93. The van der Waals surface area contributed by atoms with Gasteiger partial charge in [0.25, 0.3) is 5.91 Å². The minimum Gasteiger partial charge on any atom is -0.389 e. The van der Waals surface area contributed by atoms with Crippen LogP contribution in [0.2, 0.25) is 0 Å². The van der Waals surface area contributed by atoms with Crippen LogP contribution in [0.25, 0.3) is 22.8 Å². The number of hydrogen-bond acceptors (Lipinski definition) is 6. The number of aromatic nitrogens is 2. The third-order valence-electron chi connectivity index (χ3n) is 6.87. The number of nitrogens with zero attached hydrogens (tertiary/aromatic N) is 5. The monoisotopic (exact) mass is 538 g/mol. The second kappa shape index (κ2) is 9.50. The molecule has 2 aromatic heterocycles. The summed E-state index contributed by atoms with van der Waals surface area (Å²) in [7, 11) is 0. The summed E-state index contributed by atoms with van der Waals surface area (Å²) >= 11 is 0.788. The van der Waals surface area contributed by atoms with Gasteiger partial charge in [-0.1, -0.05) is 13.2 Å². The van der Waals surface area contributed by atoms with Crippen LogP contribution in [0.1, 0.15) is 27.9 Å². The van der Waals surface area contributed by atoms with E-state index < -0.39 is 23.5 Å². The van der Waals surface area contributed by atoms with Crippen molar-refractivity contribution in [2.24, 2.45) is 0 Å². The van der Waals surface area contributed by atoms with Gasteiger partial charge in [-0.3, -0.25) is 14.3 Å². The number of fused-ring (bicyclic) bond motifs is 1. The van der Waals surface area contributed by atoms with Crippen LogP contribution in [-0.4, -0.2) is 57.1 Å². The number of amides is 2. The van der Waals surface area contributed by atoms with Crippen molar-refractivity contribution in [1.29, 1.82) is 5.26 Å². The fourth-order valence-electron chi connectivity index (χ4n) is 5.06.